The van der Waals surface area contributed by atoms with Crippen molar-refractivity contribution in [2.75, 3.05) is 6.54 Å². The van der Waals surface area contributed by atoms with Crippen molar-refractivity contribution in [3.63, 3.8) is 0 Å². The van der Waals surface area contributed by atoms with Crippen molar-refractivity contribution in [1.29, 1.82) is 5.26 Å². The summed E-state index contributed by atoms with van der Waals surface area (Å²) in [7, 11) is 0. The summed E-state index contributed by atoms with van der Waals surface area (Å²) < 4.78 is 5.49. The van der Waals surface area contributed by atoms with Gasteiger partial charge in [-0.1, -0.05) is 25.4 Å². The minimum Gasteiger partial charge on any atom is -0.479 e. The summed E-state index contributed by atoms with van der Waals surface area (Å²) in [5.74, 6) is 0.594. The van der Waals surface area contributed by atoms with E-state index < -0.39 is 6.10 Å². The molecule has 5 heteroatoms. The highest BCUT2D eigenvalue weighted by atomic mass is 35.5. The molecule has 1 rings (SSSR count). The number of benzene rings is 1. The van der Waals surface area contributed by atoms with Gasteiger partial charge < -0.3 is 10.1 Å². The summed E-state index contributed by atoms with van der Waals surface area (Å²) >= 11 is 5.98. The molecule has 0 spiro atoms. The van der Waals surface area contributed by atoms with Gasteiger partial charge in [0, 0.05) is 6.54 Å². The Bertz CT molecular complexity index is 495. The Morgan fingerprint density at radius 3 is 2.68 bits per heavy atom. The second-order valence-corrected chi connectivity index (χ2v) is 5.06. The van der Waals surface area contributed by atoms with E-state index in [2.05, 4.69) is 5.32 Å². The molecule has 0 radical (unpaired) electrons. The van der Waals surface area contributed by atoms with Crippen LogP contribution in [0.15, 0.2) is 18.2 Å². The van der Waals surface area contributed by atoms with E-state index in [9.17, 15) is 4.79 Å². The van der Waals surface area contributed by atoms with Crippen molar-refractivity contribution < 1.29 is 9.53 Å². The zero-order valence-corrected chi connectivity index (χ0v) is 12.0. The summed E-state index contributed by atoms with van der Waals surface area (Å²) in [5.41, 5.74) is 0.453. The number of amides is 1. The molecule has 0 bridgehead atoms. The quantitative estimate of drug-likeness (QED) is 0.902. The lowest BCUT2D eigenvalue weighted by Crippen LogP contribution is -2.38. The molecule has 0 saturated carbocycles. The van der Waals surface area contributed by atoms with E-state index in [-0.39, 0.29) is 5.91 Å². The number of carbonyl (C=O) groups is 1. The van der Waals surface area contributed by atoms with E-state index in [0.29, 0.717) is 28.8 Å². The Kier molecular flexibility index (Phi) is 5.65. The fraction of sp³-hybridized carbons (Fsp3) is 0.429. The van der Waals surface area contributed by atoms with Crippen LogP contribution < -0.4 is 10.1 Å². The van der Waals surface area contributed by atoms with Crippen LogP contribution in [0.1, 0.15) is 26.3 Å². The molecular formula is C14H17ClN2O2. The third kappa shape index (κ3) is 4.80. The Labute approximate surface area is 118 Å². The molecule has 102 valence electrons. The van der Waals surface area contributed by atoms with Crippen molar-refractivity contribution in [3.05, 3.63) is 28.8 Å². The van der Waals surface area contributed by atoms with Crippen LogP contribution in [0.2, 0.25) is 5.02 Å². The number of nitrogens with zero attached hydrogens (tertiary/aromatic N) is 1. The zero-order valence-electron chi connectivity index (χ0n) is 11.2. The fourth-order valence-electron chi connectivity index (χ4n) is 1.36. The van der Waals surface area contributed by atoms with Crippen LogP contribution in [-0.4, -0.2) is 18.6 Å². The van der Waals surface area contributed by atoms with E-state index in [1.165, 1.54) is 6.07 Å². The average molecular weight is 281 g/mol. The van der Waals surface area contributed by atoms with Crippen molar-refractivity contribution in [1.82, 2.24) is 5.32 Å². The smallest absolute Gasteiger partial charge is 0.260 e. The Hall–Kier alpha value is -1.73. The van der Waals surface area contributed by atoms with E-state index in [1.54, 1.807) is 19.1 Å². The largest absolute Gasteiger partial charge is 0.479 e. The predicted molar refractivity (Wildman–Crippen MR) is 74.1 cm³/mol. The van der Waals surface area contributed by atoms with Gasteiger partial charge in [-0.2, -0.15) is 5.26 Å². The number of rotatable bonds is 5. The molecule has 1 aromatic carbocycles. The lowest BCUT2D eigenvalue weighted by Gasteiger charge is -2.16. The lowest BCUT2D eigenvalue weighted by atomic mass is 10.2. The van der Waals surface area contributed by atoms with Crippen molar-refractivity contribution in [2.24, 2.45) is 5.92 Å². The first-order valence-electron chi connectivity index (χ1n) is 6.08. The van der Waals surface area contributed by atoms with Gasteiger partial charge in [0.1, 0.15) is 5.75 Å². The van der Waals surface area contributed by atoms with Gasteiger partial charge in [0.05, 0.1) is 16.7 Å². The lowest BCUT2D eigenvalue weighted by molar-refractivity contribution is -0.127. The maximum absolute atomic E-state index is 11.8. The van der Waals surface area contributed by atoms with E-state index in [1.807, 2.05) is 19.9 Å². The third-order valence-electron chi connectivity index (χ3n) is 2.42. The summed E-state index contributed by atoms with van der Waals surface area (Å²) in [5, 5.41) is 11.8. The average Bonchev–Trinajstić information content (AvgIpc) is 2.37. The molecule has 19 heavy (non-hydrogen) atoms. The normalized spacial score (nSPS) is 11.8. The molecule has 0 aromatic heterocycles. The molecule has 0 unspecified atom stereocenters. The molecule has 0 fully saturated rings. The highest BCUT2D eigenvalue weighted by molar-refractivity contribution is 6.32. The van der Waals surface area contributed by atoms with Gasteiger partial charge in [-0.05, 0) is 31.0 Å². The van der Waals surface area contributed by atoms with E-state index in [4.69, 9.17) is 21.6 Å². The highest BCUT2D eigenvalue weighted by Gasteiger charge is 2.16. The molecule has 0 aliphatic rings. The second kappa shape index (κ2) is 7.01. The monoisotopic (exact) mass is 280 g/mol. The maximum atomic E-state index is 11.8. The van der Waals surface area contributed by atoms with Crippen LogP contribution in [0.25, 0.3) is 0 Å². The number of hydrogen-bond donors (Lipinski definition) is 1. The summed E-state index contributed by atoms with van der Waals surface area (Å²) in [6, 6.07) is 6.68. The summed E-state index contributed by atoms with van der Waals surface area (Å²) in [6.45, 7) is 6.30. The number of nitrogens with one attached hydrogen (secondary N) is 1. The molecule has 0 aliphatic heterocycles. The standard InChI is InChI=1S/C14H17ClN2O2/c1-9(2)8-17-14(18)10(3)19-13-5-4-11(7-16)6-12(13)15/h4-6,9-10H,8H2,1-3H3,(H,17,18)/t10-/m1/s1. The number of hydrogen-bond acceptors (Lipinski definition) is 3. The SMILES string of the molecule is CC(C)CNC(=O)[C@@H](C)Oc1ccc(C#N)cc1Cl. The fourth-order valence-corrected chi connectivity index (χ4v) is 1.58. The van der Waals surface area contributed by atoms with Crippen LogP contribution in [0, 0.1) is 17.2 Å². The molecule has 1 atom stereocenters. The van der Waals surface area contributed by atoms with Gasteiger partial charge in [-0.3, -0.25) is 4.79 Å². The topological polar surface area (TPSA) is 62.1 Å². The van der Waals surface area contributed by atoms with Gasteiger partial charge in [0.15, 0.2) is 6.10 Å². The molecule has 4 nitrogen and oxygen atoms in total. The van der Waals surface area contributed by atoms with Gasteiger partial charge >= 0.3 is 0 Å². The first-order chi connectivity index (χ1) is 8.93. The van der Waals surface area contributed by atoms with Crippen molar-refractivity contribution >= 4 is 17.5 Å². The minimum absolute atomic E-state index is 0.186. The van der Waals surface area contributed by atoms with Gasteiger partial charge in [-0.15, -0.1) is 0 Å². The Balaban J connectivity index is 2.64. The predicted octanol–water partition coefficient (Wildman–Crippen LogP) is 2.75. The Morgan fingerprint density at radius 1 is 1.47 bits per heavy atom. The summed E-state index contributed by atoms with van der Waals surface area (Å²) in [4.78, 5) is 11.8. The molecule has 1 N–H and O–H groups in total. The molecule has 0 heterocycles. The van der Waals surface area contributed by atoms with E-state index in [0.717, 1.165) is 0 Å². The van der Waals surface area contributed by atoms with E-state index >= 15 is 0 Å². The molecule has 1 amide bonds. The van der Waals surface area contributed by atoms with Crippen LogP contribution in [-0.2, 0) is 4.79 Å². The van der Waals surface area contributed by atoms with Gasteiger partial charge in [0.2, 0.25) is 0 Å². The number of halogens is 1. The molecule has 1 aromatic rings. The number of ether oxygens (including phenoxy) is 1. The van der Waals surface area contributed by atoms with Crippen LogP contribution in [0.5, 0.6) is 5.75 Å². The highest BCUT2D eigenvalue weighted by Crippen LogP contribution is 2.26. The molecular weight excluding hydrogens is 264 g/mol. The minimum atomic E-state index is -0.635. The van der Waals surface area contributed by atoms with Crippen molar-refractivity contribution in [2.45, 2.75) is 26.9 Å². The van der Waals surface area contributed by atoms with Crippen LogP contribution in [0.4, 0.5) is 0 Å². The van der Waals surface area contributed by atoms with Gasteiger partial charge in [-0.25, -0.2) is 0 Å². The summed E-state index contributed by atoms with van der Waals surface area (Å²) in [6.07, 6.45) is -0.635. The molecule has 0 saturated heterocycles. The second-order valence-electron chi connectivity index (χ2n) is 4.66. The number of nitriles is 1. The molecule has 0 aliphatic carbocycles. The van der Waals surface area contributed by atoms with Crippen LogP contribution in [0.3, 0.4) is 0 Å². The first kappa shape index (κ1) is 15.3. The maximum Gasteiger partial charge on any atom is 0.260 e. The Morgan fingerprint density at radius 2 is 2.16 bits per heavy atom. The first-order valence-corrected chi connectivity index (χ1v) is 6.46. The van der Waals surface area contributed by atoms with Crippen LogP contribution >= 0.6 is 11.6 Å². The number of carbonyl (C=O) groups excluding carboxylic acids is 1. The van der Waals surface area contributed by atoms with Gasteiger partial charge in [0.25, 0.3) is 5.91 Å². The van der Waals surface area contributed by atoms with Crippen molar-refractivity contribution in [3.8, 4) is 11.8 Å². The zero-order chi connectivity index (χ0) is 14.4. The third-order valence-corrected chi connectivity index (χ3v) is 2.71.